The van der Waals surface area contributed by atoms with E-state index in [1.807, 2.05) is 6.07 Å². The first-order valence-electron chi connectivity index (χ1n) is 5.77. The molecule has 2 aromatic heterocycles. The second kappa shape index (κ2) is 4.48. The predicted octanol–water partition coefficient (Wildman–Crippen LogP) is 1.97. The van der Waals surface area contributed by atoms with Crippen LogP contribution in [0, 0.1) is 11.3 Å². The molecule has 0 radical (unpaired) electrons. The predicted molar refractivity (Wildman–Crippen MR) is 70.1 cm³/mol. The van der Waals surface area contributed by atoms with Gasteiger partial charge in [-0.25, -0.2) is 14.8 Å². The largest absolute Gasteiger partial charge is 0.476 e. The molecular formula is C14H8N4O2. The van der Waals surface area contributed by atoms with E-state index in [1.54, 1.807) is 34.9 Å². The number of nitriles is 1. The number of rotatable bonds is 2. The highest BCUT2D eigenvalue weighted by Crippen LogP contribution is 2.21. The molecule has 1 N–H and O–H groups in total. The summed E-state index contributed by atoms with van der Waals surface area (Å²) < 4.78 is 1.60. The van der Waals surface area contributed by atoms with E-state index in [4.69, 9.17) is 10.4 Å². The number of hydrogen-bond donors (Lipinski definition) is 1. The van der Waals surface area contributed by atoms with Gasteiger partial charge in [0.2, 0.25) is 5.78 Å². The fourth-order valence-electron chi connectivity index (χ4n) is 1.98. The highest BCUT2D eigenvalue weighted by atomic mass is 16.4. The molecule has 6 nitrogen and oxygen atoms in total. The van der Waals surface area contributed by atoms with Crippen molar-refractivity contribution in [2.45, 2.75) is 0 Å². The van der Waals surface area contributed by atoms with Crippen LogP contribution in [-0.2, 0) is 0 Å². The summed E-state index contributed by atoms with van der Waals surface area (Å²) in [5.41, 5.74) is 1.99. The lowest BCUT2D eigenvalue weighted by molar-refractivity contribution is 0.0691. The van der Waals surface area contributed by atoms with E-state index >= 15 is 0 Å². The average Bonchev–Trinajstić information content (AvgIpc) is 2.91. The van der Waals surface area contributed by atoms with Gasteiger partial charge in [-0.1, -0.05) is 12.1 Å². The van der Waals surface area contributed by atoms with E-state index in [2.05, 4.69) is 16.0 Å². The molecule has 0 atom stereocenters. The summed E-state index contributed by atoms with van der Waals surface area (Å²) >= 11 is 0. The third-order valence-corrected chi connectivity index (χ3v) is 2.88. The molecule has 0 spiro atoms. The molecule has 0 saturated heterocycles. The Hall–Kier alpha value is -3.20. The first kappa shape index (κ1) is 11.9. The maximum atomic E-state index is 11.0. The van der Waals surface area contributed by atoms with Crippen molar-refractivity contribution >= 4 is 11.7 Å². The molecule has 0 fully saturated rings. The van der Waals surface area contributed by atoms with E-state index in [9.17, 15) is 4.79 Å². The molecule has 0 aliphatic carbocycles. The van der Waals surface area contributed by atoms with Crippen molar-refractivity contribution in [1.82, 2.24) is 14.4 Å². The number of carboxylic acids is 1. The third-order valence-electron chi connectivity index (χ3n) is 2.88. The summed E-state index contributed by atoms with van der Waals surface area (Å²) in [4.78, 5) is 18.9. The van der Waals surface area contributed by atoms with Crippen molar-refractivity contribution in [2.24, 2.45) is 0 Å². The van der Waals surface area contributed by atoms with Crippen LogP contribution in [0.4, 0.5) is 0 Å². The van der Waals surface area contributed by atoms with Gasteiger partial charge < -0.3 is 5.11 Å². The van der Waals surface area contributed by atoms with Crippen LogP contribution >= 0.6 is 0 Å². The smallest absolute Gasteiger partial charge is 0.356 e. The Kier molecular flexibility index (Phi) is 2.66. The number of aromatic nitrogens is 3. The Balaban J connectivity index is 2.25. The lowest BCUT2D eigenvalue weighted by Gasteiger charge is -2.04. The van der Waals surface area contributed by atoms with Gasteiger partial charge in [-0.15, -0.1) is 0 Å². The van der Waals surface area contributed by atoms with Gasteiger partial charge in [-0.05, 0) is 23.8 Å². The maximum Gasteiger partial charge on any atom is 0.356 e. The first-order chi connectivity index (χ1) is 9.69. The fraction of sp³-hybridized carbons (Fsp3) is 0. The second-order valence-corrected chi connectivity index (χ2v) is 4.12. The summed E-state index contributed by atoms with van der Waals surface area (Å²) in [5.74, 6) is -0.797. The Bertz CT molecular complexity index is 861. The number of fused-ring (bicyclic) bond motifs is 1. The van der Waals surface area contributed by atoms with Gasteiger partial charge >= 0.3 is 5.97 Å². The van der Waals surface area contributed by atoms with E-state index < -0.39 is 5.97 Å². The molecular weight excluding hydrogens is 256 g/mol. The topological polar surface area (TPSA) is 91.3 Å². The number of benzene rings is 1. The third kappa shape index (κ3) is 1.87. The molecule has 2 heterocycles. The van der Waals surface area contributed by atoms with Crippen LogP contribution in [0.3, 0.4) is 0 Å². The van der Waals surface area contributed by atoms with Crippen LogP contribution in [0.5, 0.6) is 0 Å². The van der Waals surface area contributed by atoms with Crippen molar-refractivity contribution < 1.29 is 9.90 Å². The standard InChI is InChI=1S/C14H8N4O2/c15-7-9-2-1-3-10(6-9)12-4-5-16-14-17-11(13(19)20)8-18(12)14/h1-6,8H,(H,19,20). The highest BCUT2D eigenvalue weighted by Gasteiger charge is 2.12. The summed E-state index contributed by atoms with van der Waals surface area (Å²) in [5, 5.41) is 17.9. The number of imidazole rings is 1. The number of carbonyl (C=O) groups is 1. The van der Waals surface area contributed by atoms with Crippen molar-refractivity contribution in [1.29, 1.82) is 5.26 Å². The van der Waals surface area contributed by atoms with Crippen molar-refractivity contribution in [3.63, 3.8) is 0 Å². The van der Waals surface area contributed by atoms with Crippen LogP contribution in [-0.4, -0.2) is 25.4 Å². The molecule has 6 heteroatoms. The summed E-state index contributed by atoms with van der Waals surface area (Å²) in [6.45, 7) is 0. The molecule has 0 unspecified atom stereocenters. The van der Waals surface area contributed by atoms with E-state index in [0.29, 0.717) is 11.3 Å². The molecule has 0 amide bonds. The minimum Gasteiger partial charge on any atom is -0.476 e. The zero-order valence-corrected chi connectivity index (χ0v) is 10.2. The van der Waals surface area contributed by atoms with Crippen molar-refractivity contribution in [3.8, 4) is 17.3 Å². The summed E-state index contributed by atoms with van der Waals surface area (Å²) in [7, 11) is 0. The van der Waals surface area contributed by atoms with Crippen molar-refractivity contribution in [3.05, 3.63) is 54.0 Å². The molecule has 0 aliphatic rings. The van der Waals surface area contributed by atoms with Gasteiger partial charge in [0.1, 0.15) is 0 Å². The molecule has 3 rings (SSSR count). The molecule has 0 aliphatic heterocycles. The lowest BCUT2D eigenvalue weighted by Crippen LogP contribution is -1.95. The van der Waals surface area contributed by atoms with E-state index in [-0.39, 0.29) is 5.69 Å². The van der Waals surface area contributed by atoms with Gasteiger partial charge in [0.05, 0.1) is 17.3 Å². The summed E-state index contributed by atoms with van der Waals surface area (Å²) in [6.07, 6.45) is 2.97. The molecule has 0 saturated carbocycles. The molecule has 1 aromatic carbocycles. The molecule has 0 bridgehead atoms. The Morgan fingerprint density at radius 3 is 2.95 bits per heavy atom. The molecule has 20 heavy (non-hydrogen) atoms. The fourth-order valence-corrected chi connectivity index (χ4v) is 1.98. The molecule has 96 valence electrons. The Morgan fingerprint density at radius 2 is 2.20 bits per heavy atom. The maximum absolute atomic E-state index is 11.0. The molecule has 3 aromatic rings. The Labute approximate surface area is 113 Å². The van der Waals surface area contributed by atoms with Crippen LogP contribution < -0.4 is 0 Å². The Morgan fingerprint density at radius 1 is 1.35 bits per heavy atom. The van der Waals surface area contributed by atoms with Gasteiger partial charge in [0.15, 0.2) is 5.69 Å². The number of hydrogen-bond acceptors (Lipinski definition) is 4. The number of nitrogens with zero attached hydrogens (tertiary/aromatic N) is 4. The summed E-state index contributed by atoms with van der Waals surface area (Å²) in [6, 6.07) is 10.9. The van der Waals surface area contributed by atoms with Crippen LogP contribution in [0.1, 0.15) is 16.1 Å². The van der Waals surface area contributed by atoms with Crippen molar-refractivity contribution in [2.75, 3.05) is 0 Å². The van der Waals surface area contributed by atoms with E-state index in [1.165, 1.54) is 6.20 Å². The minimum absolute atomic E-state index is 0.0682. The second-order valence-electron chi connectivity index (χ2n) is 4.12. The zero-order chi connectivity index (χ0) is 14.1. The average molecular weight is 264 g/mol. The van der Waals surface area contributed by atoms with Gasteiger partial charge in [0.25, 0.3) is 0 Å². The highest BCUT2D eigenvalue weighted by molar-refractivity contribution is 5.86. The quantitative estimate of drug-likeness (QED) is 0.764. The minimum atomic E-state index is -1.10. The lowest BCUT2D eigenvalue weighted by atomic mass is 10.1. The van der Waals surface area contributed by atoms with Gasteiger partial charge in [0, 0.05) is 12.4 Å². The van der Waals surface area contributed by atoms with Crippen LogP contribution in [0.2, 0.25) is 0 Å². The van der Waals surface area contributed by atoms with Crippen LogP contribution in [0.25, 0.3) is 17.0 Å². The zero-order valence-electron chi connectivity index (χ0n) is 10.2. The SMILES string of the molecule is N#Cc1cccc(-c2ccnc3nc(C(=O)O)cn23)c1. The normalized spacial score (nSPS) is 10.3. The van der Waals surface area contributed by atoms with Gasteiger partial charge in [-0.3, -0.25) is 4.40 Å². The van der Waals surface area contributed by atoms with Crippen LogP contribution in [0.15, 0.2) is 42.7 Å². The first-order valence-corrected chi connectivity index (χ1v) is 5.77. The number of carboxylic acid groups (broad SMARTS) is 1. The van der Waals surface area contributed by atoms with Gasteiger partial charge in [-0.2, -0.15) is 5.26 Å². The van der Waals surface area contributed by atoms with E-state index in [0.717, 1.165) is 11.3 Å². The number of aromatic carboxylic acids is 1. The monoisotopic (exact) mass is 264 g/mol.